The Bertz CT molecular complexity index is 542. The molecule has 24 heavy (non-hydrogen) atoms. The zero-order valence-corrected chi connectivity index (χ0v) is 14.4. The molecule has 1 N–H and O–H groups in total. The quantitative estimate of drug-likeness (QED) is 0.585. The molecule has 1 aliphatic heterocycles. The Morgan fingerprint density at radius 3 is 2.75 bits per heavy atom. The van der Waals surface area contributed by atoms with Crippen LogP contribution in [-0.2, 0) is 9.53 Å². The zero-order chi connectivity index (χ0) is 17.2. The van der Waals surface area contributed by atoms with Crippen molar-refractivity contribution in [3.8, 4) is 0 Å². The Kier molecular flexibility index (Phi) is 7.52. The van der Waals surface area contributed by atoms with Crippen molar-refractivity contribution in [2.75, 3.05) is 31.6 Å². The van der Waals surface area contributed by atoms with Crippen LogP contribution >= 0.6 is 0 Å². The number of unbranched alkanes of at least 4 members (excludes halogenated alkanes) is 2. The van der Waals surface area contributed by atoms with Gasteiger partial charge in [0, 0.05) is 32.3 Å². The molecule has 1 amide bonds. The molecule has 0 unspecified atom stereocenters. The summed E-state index contributed by atoms with van der Waals surface area (Å²) in [6, 6.07) is 3.64. The second-order valence-electron chi connectivity index (χ2n) is 6.06. The number of carbonyl (C=O) groups is 2. The second-order valence-corrected chi connectivity index (χ2v) is 6.06. The topological polar surface area (TPSA) is 71.5 Å². The predicted molar refractivity (Wildman–Crippen MR) is 93.1 cm³/mol. The average Bonchev–Trinajstić information content (AvgIpc) is 2.64. The second kappa shape index (κ2) is 9.90. The van der Waals surface area contributed by atoms with Crippen molar-refractivity contribution >= 4 is 17.7 Å². The largest absolute Gasteiger partial charge is 0.469 e. The van der Waals surface area contributed by atoms with E-state index >= 15 is 0 Å². The third-order valence-corrected chi connectivity index (χ3v) is 4.26. The lowest BCUT2D eigenvalue weighted by Crippen LogP contribution is -2.33. The molecule has 0 atom stereocenters. The Labute approximate surface area is 143 Å². The number of ether oxygens (including phenoxy) is 1. The third-order valence-electron chi connectivity index (χ3n) is 4.26. The normalized spacial score (nSPS) is 14.3. The Balaban J connectivity index is 1.79. The van der Waals surface area contributed by atoms with Gasteiger partial charge < -0.3 is 15.0 Å². The van der Waals surface area contributed by atoms with Gasteiger partial charge in [-0.2, -0.15) is 0 Å². The molecule has 1 aliphatic rings. The highest BCUT2D eigenvalue weighted by Gasteiger charge is 2.19. The van der Waals surface area contributed by atoms with Gasteiger partial charge in [0.05, 0.1) is 12.7 Å². The molecule has 0 radical (unpaired) electrons. The van der Waals surface area contributed by atoms with Crippen molar-refractivity contribution in [1.82, 2.24) is 10.3 Å². The molecule has 132 valence electrons. The van der Waals surface area contributed by atoms with Gasteiger partial charge in [-0.1, -0.05) is 6.42 Å². The average molecular weight is 333 g/mol. The highest BCUT2D eigenvalue weighted by Crippen LogP contribution is 2.21. The van der Waals surface area contributed by atoms with Crippen LogP contribution in [0.2, 0.25) is 0 Å². The van der Waals surface area contributed by atoms with E-state index in [0.29, 0.717) is 18.5 Å². The number of esters is 1. The van der Waals surface area contributed by atoms with Crippen molar-refractivity contribution in [2.45, 2.75) is 44.9 Å². The van der Waals surface area contributed by atoms with Gasteiger partial charge in [-0.05, 0) is 44.2 Å². The Morgan fingerprint density at radius 2 is 2.00 bits per heavy atom. The number of amides is 1. The minimum absolute atomic E-state index is 0.0726. The number of piperidine rings is 1. The number of carbonyl (C=O) groups excluding carboxylic acids is 2. The number of hydrogen-bond acceptors (Lipinski definition) is 5. The fourth-order valence-electron chi connectivity index (χ4n) is 2.90. The molecular formula is C18H27N3O3. The van der Waals surface area contributed by atoms with E-state index in [1.165, 1.54) is 13.5 Å². The summed E-state index contributed by atoms with van der Waals surface area (Å²) in [6.45, 7) is 2.53. The highest BCUT2D eigenvalue weighted by molar-refractivity contribution is 5.98. The van der Waals surface area contributed by atoms with Crippen LogP contribution in [-0.4, -0.2) is 43.6 Å². The van der Waals surface area contributed by atoms with E-state index in [1.807, 2.05) is 6.07 Å². The van der Waals surface area contributed by atoms with Crippen LogP contribution in [0.4, 0.5) is 5.82 Å². The summed E-state index contributed by atoms with van der Waals surface area (Å²) < 4.78 is 4.60. The fourth-order valence-corrected chi connectivity index (χ4v) is 2.90. The lowest BCUT2D eigenvalue weighted by Gasteiger charge is -2.29. The van der Waals surface area contributed by atoms with Gasteiger partial charge in [-0.25, -0.2) is 4.98 Å². The Hall–Kier alpha value is -2.11. The van der Waals surface area contributed by atoms with E-state index in [4.69, 9.17) is 0 Å². The maximum Gasteiger partial charge on any atom is 0.305 e. The first-order chi connectivity index (χ1) is 11.7. The van der Waals surface area contributed by atoms with E-state index in [0.717, 1.165) is 51.0 Å². The maximum absolute atomic E-state index is 12.4. The van der Waals surface area contributed by atoms with Gasteiger partial charge in [0.1, 0.15) is 5.82 Å². The number of nitrogens with one attached hydrogen (secondary N) is 1. The minimum atomic E-state index is -0.180. The number of anilines is 1. The lowest BCUT2D eigenvalue weighted by molar-refractivity contribution is -0.140. The van der Waals surface area contributed by atoms with Gasteiger partial charge >= 0.3 is 5.97 Å². The number of hydrogen-bond donors (Lipinski definition) is 1. The van der Waals surface area contributed by atoms with E-state index < -0.39 is 0 Å². The number of rotatable bonds is 8. The van der Waals surface area contributed by atoms with Crippen LogP contribution in [0.25, 0.3) is 0 Å². The first-order valence-electron chi connectivity index (χ1n) is 8.77. The fraction of sp³-hybridized carbons (Fsp3) is 0.611. The summed E-state index contributed by atoms with van der Waals surface area (Å²) in [5.74, 6) is 0.539. The van der Waals surface area contributed by atoms with Crippen LogP contribution in [0.15, 0.2) is 18.3 Å². The number of methoxy groups -OCH3 is 1. The number of nitrogens with zero attached hydrogens (tertiary/aromatic N) is 2. The van der Waals surface area contributed by atoms with E-state index in [2.05, 4.69) is 19.9 Å². The SMILES string of the molecule is COC(=O)CCCCCNC(=O)c1cccnc1N1CCCCC1. The van der Waals surface area contributed by atoms with Gasteiger partial charge in [-0.3, -0.25) is 9.59 Å². The summed E-state index contributed by atoms with van der Waals surface area (Å²) in [7, 11) is 1.40. The van der Waals surface area contributed by atoms with Crippen LogP contribution in [0.3, 0.4) is 0 Å². The van der Waals surface area contributed by atoms with Gasteiger partial charge in [0.2, 0.25) is 0 Å². The predicted octanol–water partition coefficient (Wildman–Crippen LogP) is 2.54. The van der Waals surface area contributed by atoms with E-state index in [1.54, 1.807) is 12.3 Å². The van der Waals surface area contributed by atoms with Crippen LogP contribution in [0.1, 0.15) is 55.3 Å². The molecule has 2 rings (SSSR count). The summed E-state index contributed by atoms with van der Waals surface area (Å²) in [5, 5.41) is 2.96. The van der Waals surface area contributed by atoms with Crippen molar-refractivity contribution < 1.29 is 14.3 Å². The van der Waals surface area contributed by atoms with Crippen molar-refractivity contribution in [3.63, 3.8) is 0 Å². The summed E-state index contributed by atoms with van der Waals surface area (Å²) >= 11 is 0. The zero-order valence-electron chi connectivity index (χ0n) is 14.4. The summed E-state index contributed by atoms with van der Waals surface area (Å²) in [4.78, 5) is 30.1. The highest BCUT2D eigenvalue weighted by atomic mass is 16.5. The van der Waals surface area contributed by atoms with Gasteiger partial charge in [0.15, 0.2) is 0 Å². The molecule has 1 aromatic rings. The van der Waals surface area contributed by atoms with E-state index in [-0.39, 0.29) is 11.9 Å². The first-order valence-corrected chi connectivity index (χ1v) is 8.77. The molecule has 1 saturated heterocycles. The molecule has 6 heteroatoms. The molecular weight excluding hydrogens is 306 g/mol. The molecule has 6 nitrogen and oxygen atoms in total. The smallest absolute Gasteiger partial charge is 0.305 e. The lowest BCUT2D eigenvalue weighted by atomic mass is 10.1. The van der Waals surface area contributed by atoms with E-state index in [9.17, 15) is 9.59 Å². The first kappa shape index (κ1) is 18.2. The standard InChI is InChI=1S/C18H27N3O3/c1-24-16(22)10-4-2-5-11-20-18(23)15-9-8-12-19-17(15)21-13-6-3-7-14-21/h8-9,12H,2-7,10-11,13-14H2,1H3,(H,20,23). The molecule has 0 spiro atoms. The van der Waals surface area contributed by atoms with Gasteiger partial charge in [0.25, 0.3) is 5.91 Å². The van der Waals surface area contributed by atoms with Crippen LogP contribution < -0.4 is 10.2 Å². The van der Waals surface area contributed by atoms with Crippen LogP contribution in [0.5, 0.6) is 0 Å². The third kappa shape index (κ3) is 5.51. The van der Waals surface area contributed by atoms with Crippen molar-refractivity contribution in [2.24, 2.45) is 0 Å². The van der Waals surface area contributed by atoms with Crippen molar-refractivity contribution in [3.05, 3.63) is 23.9 Å². The minimum Gasteiger partial charge on any atom is -0.469 e. The Morgan fingerprint density at radius 1 is 1.21 bits per heavy atom. The van der Waals surface area contributed by atoms with Gasteiger partial charge in [-0.15, -0.1) is 0 Å². The number of pyridine rings is 1. The maximum atomic E-state index is 12.4. The summed E-state index contributed by atoms with van der Waals surface area (Å²) in [6.07, 6.45) is 8.25. The monoisotopic (exact) mass is 333 g/mol. The molecule has 0 bridgehead atoms. The molecule has 0 aliphatic carbocycles. The molecule has 1 aromatic heterocycles. The molecule has 0 saturated carbocycles. The molecule has 0 aromatic carbocycles. The van der Waals surface area contributed by atoms with Crippen LogP contribution in [0, 0.1) is 0 Å². The number of aromatic nitrogens is 1. The molecule has 1 fully saturated rings. The summed E-state index contributed by atoms with van der Waals surface area (Å²) in [5.41, 5.74) is 0.647. The van der Waals surface area contributed by atoms with Crippen molar-refractivity contribution in [1.29, 1.82) is 0 Å². The molecule has 2 heterocycles.